The molecule has 0 aliphatic rings. The predicted molar refractivity (Wildman–Crippen MR) is 17.6 cm³/mol. The van der Waals surface area contributed by atoms with Gasteiger partial charge in [0.15, 0.2) is 0 Å². The maximum absolute atomic E-state index is 8.25. The van der Waals surface area contributed by atoms with Gasteiger partial charge in [0.2, 0.25) is 0 Å². The van der Waals surface area contributed by atoms with Crippen LogP contribution in [0.1, 0.15) is 0 Å². The summed E-state index contributed by atoms with van der Waals surface area (Å²) in [5.74, 6) is 0. The Morgan fingerprint density at radius 2 is 1.12 bits per heavy atom. The van der Waals surface area contributed by atoms with E-state index in [9.17, 15) is 0 Å². The Morgan fingerprint density at radius 3 is 1.12 bits per heavy atom. The van der Waals surface area contributed by atoms with Crippen molar-refractivity contribution in [3.05, 3.63) is 15.3 Å². The molecule has 0 heterocycles. The van der Waals surface area contributed by atoms with Crippen molar-refractivity contribution in [2.45, 2.75) is 0 Å². The first-order chi connectivity index (χ1) is 1.73. The van der Waals surface area contributed by atoms with Gasteiger partial charge >= 0.3 is 51.4 Å². The number of rotatable bonds is 0. The molecule has 0 aromatic carbocycles. The fourth-order valence-corrected chi connectivity index (χ4v) is 0. The summed E-state index contributed by atoms with van der Waals surface area (Å²) in [6.45, 7) is 0. The topological polar surface area (TPSA) is 129 Å². The van der Waals surface area contributed by atoms with E-state index in [1.807, 2.05) is 0 Å². The van der Waals surface area contributed by atoms with Crippen LogP contribution in [0, 0.1) is 50.9 Å². The molecule has 6 nitrogen and oxygen atoms in total. The average molecular weight is 276 g/mol. The van der Waals surface area contributed by atoms with Gasteiger partial charge in [-0.3, -0.25) is 0 Å². The van der Waals surface area contributed by atoms with Crippen LogP contribution in [0.3, 0.4) is 0 Å². The maximum atomic E-state index is 8.25. The third-order valence-corrected chi connectivity index (χ3v) is 0. The van der Waals surface area contributed by atoms with Crippen molar-refractivity contribution in [2.75, 3.05) is 0 Å². The summed E-state index contributed by atoms with van der Waals surface area (Å²) >= 11 is 0. The van der Waals surface area contributed by atoms with E-state index in [4.69, 9.17) is 15.3 Å². The fraction of sp³-hybridized carbons (Fsp3) is 0. The van der Waals surface area contributed by atoms with Gasteiger partial charge in [0.05, 0.1) is 5.09 Å². The smallest absolute Gasteiger partial charge is 0.412 e. The van der Waals surface area contributed by atoms with Crippen molar-refractivity contribution in [3.63, 3.8) is 0 Å². The van der Waals surface area contributed by atoms with Crippen molar-refractivity contribution >= 4 is 0 Å². The molecule has 0 fully saturated rings. The van der Waals surface area contributed by atoms with E-state index in [0.717, 1.165) is 0 Å². The zero-order chi connectivity index (χ0) is 3.58. The molecule has 0 bridgehead atoms. The Labute approximate surface area is 116 Å². The summed E-state index contributed by atoms with van der Waals surface area (Å²) in [5, 5.41) is 14.8. The van der Waals surface area contributed by atoms with Gasteiger partial charge in [-0.1, -0.05) is 0 Å². The summed E-state index contributed by atoms with van der Waals surface area (Å²) in [4.78, 5) is 8.25. The number of nitrogens with zero attached hydrogens (tertiary/aromatic N) is 1. The predicted octanol–water partition coefficient (Wildman–Crippen LogP) is -4.88. The van der Waals surface area contributed by atoms with Gasteiger partial charge in [-0.25, -0.2) is 0 Å². The third-order valence-electron chi connectivity index (χ3n) is 0. The summed E-state index contributed by atoms with van der Waals surface area (Å²) in [7, 11) is 0. The van der Waals surface area contributed by atoms with Crippen molar-refractivity contribution in [2.24, 2.45) is 0 Å². The van der Waals surface area contributed by atoms with Crippen LogP contribution in [0.5, 0.6) is 0 Å². The van der Waals surface area contributed by atoms with E-state index in [2.05, 4.69) is 0 Å². The Bertz CT molecular complexity index is 35.4. The van der Waals surface area contributed by atoms with Crippen LogP contribution >= 0.6 is 0 Å². The van der Waals surface area contributed by atoms with Gasteiger partial charge in [0.25, 0.3) is 0 Å². The maximum Gasteiger partial charge on any atom is 1.00 e. The monoisotopic (exact) mass is 276 g/mol. The molecular weight excluding hydrogens is 272 g/mol. The molecule has 8 heavy (non-hydrogen) atoms. The van der Waals surface area contributed by atoms with Gasteiger partial charge in [-0.15, -0.1) is 0 Å². The minimum Gasteiger partial charge on any atom is -0.412 e. The standard InChI is InChI=1S/K.La.NO3.2H2O/c;;2-1(3)4;;/h;;;2*1H2/q+1;;-1;;. The molecule has 1 radical (unpaired) electrons. The van der Waals surface area contributed by atoms with Crippen molar-refractivity contribution in [1.82, 2.24) is 0 Å². The molecule has 0 atom stereocenters. The Hall–Kier alpha value is 1.95. The fourth-order valence-electron chi connectivity index (χ4n) is 0. The molecule has 8 heteroatoms. The van der Waals surface area contributed by atoms with E-state index in [-0.39, 0.29) is 97.9 Å². The van der Waals surface area contributed by atoms with E-state index in [0.29, 0.717) is 0 Å². The molecule has 0 saturated heterocycles. The summed E-state index contributed by atoms with van der Waals surface area (Å²) in [5.41, 5.74) is 0. The minimum absolute atomic E-state index is 0. The Morgan fingerprint density at radius 1 is 1.12 bits per heavy atom. The number of hydrogen-bond acceptors (Lipinski definition) is 3. The van der Waals surface area contributed by atoms with E-state index >= 15 is 0 Å². The summed E-state index contributed by atoms with van der Waals surface area (Å²) in [6.07, 6.45) is 0. The van der Waals surface area contributed by atoms with E-state index in [1.54, 1.807) is 0 Å². The van der Waals surface area contributed by atoms with Gasteiger partial charge in [0, 0.05) is 35.6 Å². The summed E-state index contributed by atoms with van der Waals surface area (Å²) in [6, 6.07) is 0. The zero-order valence-electron chi connectivity index (χ0n) is 4.25. The molecule has 0 aliphatic heterocycles. The van der Waals surface area contributed by atoms with Crippen LogP contribution in [0.4, 0.5) is 0 Å². The Kier molecular flexibility index (Phi) is 93.9. The molecule has 0 rings (SSSR count). The molecule has 0 aromatic rings. The van der Waals surface area contributed by atoms with Crippen LogP contribution in [0.15, 0.2) is 0 Å². The molecule has 0 amide bonds. The molecular formula is H4KLaNO5. The largest absolute Gasteiger partial charge is 1.00 e. The van der Waals surface area contributed by atoms with Crippen molar-refractivity contribution in [1.29, 1.82) is 0 Å². The van der Waals surface area contributed by atoms with Gasteiger partial charge in [-0.05, 0) is 0 Å². The van der Waals surface area contributed by atoms with Crippen LogP contribution in [0.25, 0.3) is 0 Å². The second-order valence-electron chi connectivity index (χ2n) is 0.224. The molecule has 0 unspecified atom stereocenters. The van der Waals surface area contributed by atoms with Crippen LogP contribution < -0.4 is 51.4 Å². The van der Waals surface area contributed by atoms with Crippen LogP contribution in [0.2, 0.25) is 0 Å². The van der Waals surface area contributed by atoms with Gasteiger partial charge < -0.3 is 26.3 Å². The third kappa shape index (κ3) is 101. The second-order valence-corrected chi connectivity index (χ2v) is 0.224. The zero-order valence-corrected chi connectivity index (χ0v) is 11.0. The van der Waals surface area contributed by atoms with Gasteiger partial charge in [0.1, 0.15) is 0 Å². The van der Waals surface area contributed by atoms with E-state index < -0.39 is 5.09 Å². The van der Waals surface area contributed by atoms with E-state index in [1.165, 1.54) is 0 Å². The second kappa shape index (κ2) is 23.1. The van der Waals surface area contributed by atoms with Crippen LogP contribution in [-0.4, -0.2) is 16.0 Å². The Balaban J connectivity index is -0.00000000750. The molecule has 0 saturated carbocycles. The number of hydrogen-bond donors (Lipinski definition) is 0. The van der Waals surface area contributed by atoms with Crippen molar-refractivity contribution < 1.29 is 103 Å². The quantitative estimate of drug-likeness (QED) is 0.250. The first-order valence-electron chi connectivity index (χ1n) is 0.548. The normalized spacial score (nSPS) is 3.00. The molecule has 0 aromatic heterocycles. The molecule has 0 aliphatic carbocycles. The molecule has 0 spiro atoms. The SMILES string of the molecule is O.O.O=[N+]([O-])[O-].[K+].[La]. The first-order valence-corrected chi connectivity index (χ1v) is 0.548. The van der Waals surface area contributed by atoms with Crippen molar-refractivity contribution in [3.8, 4) is 0 Å². The summed E-state index contributed by atoms with van der Waals surface area (Å²) < 4.78 is 0. The van der Waals surface area contributed by atoms with Gasteiger partial charge in [-0.2, -0.15) is 0 Å². The average Bonchev–Trinajstić information content (AvgIpc) is 0.811. The van der Waals surface area contributed by atoms with Crippen LogP contribution in [-0.2, 0) is 0 Å². The molecule has 43 valence electrons. The first kappa shape index (κ1) is 32.5. The minimum atomic E-state index is -1.75. The molecule has 4 N–H and O–H groups in total.